The Hall–Kier alpha value is -2.31. The number of hydrazine groups is 1. The second-order valence-electron chi connectivity index (χ2n) is 4.69. The molecule has 0 heterocycles. The normalized spacial score (nSPS) is 9.87. The Balaban J connectivity index is 1.95. The topological polar surface area (TPSA) is 62.4 Å². The summed E-state index contributed by atoms with van der Waals surface area (Å²) in [7, 11) is 1.59. The van der Waals surface area contributed by atoms with Gasteiger partial charge in [0.25, 0.3) is 5.91 Å². The molecule has 3 N–H and O–H groups in total. The molecule has 0 atom stereocenters. The molecule has 0 radical (unpaired) electrons. The summed E-state index contributed by atoms with van der Waals surface area (Å²) in [6, 6.07) is 12.3. The van der Waals surface area contributed by atoms with Gasteiger partial charge in [0.1, 0.15) is 5.75 Å². The van der Waals surface area contributed by atoms with Gasteiger partial charge in [0.2, 0.25) is 0 Å². The fraction of sp³-hybridized carbons (Fsp3) is 0.125. The molecule has 23 heavy (non-hydrogen) atoms. The lowest BCUT2D eigenvalue weighted by atomic mass is 10.2. The highest BCUT2D eigenvalue weighted by Crippen LogP contribution is 2.21. The number of thiocarbonyl (C=S) groups is 1. The number of amides is 1. The molecule has 1 amide bonds. The Morgan fingerprint density at radius 3 is 2.61 bits per heavy atom. The molecule has 5 nitrogen and oxygen atoms in total. The number of carbonyl (C=O) groups is 1. The van der Waals surface area contributed by atoms with Gasteiger partial charge in [-0.1, -0.05) is 29.8 Å². The molecule has 0 unspecified atom stereocenters. The Morgan fingerprint density at radius 1 is 1.17 bits per heavy atom. The SMILES string of the molecule is COc1ccc(C)c(NC(=S)NNC(=O)c2ccccc2Cl)c1. The maximum atomic E-state index is 12.0. The summed E-state index contributed by atoms with van der Waals surface area (Å²) in [5.74, 6) is 0.336. The van der Waals surface area contributed by atoms with Crippen LogP contribution in [0.5, 0.6) is 5.75 Å². The zero-order valence-corrected chi connectivity index (χ0v) is 14.2. The lowest BCUT2D eigenvalue weighted by molar-refractivity contribution is 0.0944. The number of hydrogen-bond acceptors (Lipinski definition) is 3. The van der Waals surface area contributed by atoms with Crippen molar-refractivity contribution in [2.45, 2.75) is 6.92 Å². The van der Waals surface area contributed by atoms with E-state index in [4.69, 9.17) is 28.6 Å². The molecule has 0 saturated heterocycles. The fourth-order valence-electron chi connectivity index (χ4n) is 1.84. The molecule has 2 rings (SSSR count). The smallest absolute Gasteiger partial charge is 0.271 e. The third kappa shape index (κ3) is 4.58. The predicted octanol–water partition coefficient (Wildman–Crippen LogP) is 3.29. The maximum absolute atomic E-state index is 12.0. The van der Waals surface area contributed by atoms with E-state index in [1.165, 1.54) is 0 Å². The summed E-state index contributed by atoms with van der Waals surface area (Å²) in [5.41, 5.74) is 7.28. The number of nitrogens with one attached hydrogen (secondary N) is 3. The zero-order chi connectivity index (χ0) is 16.8. The third-order valence-electron chi connectivity index (χ3n) is 3.10. The highest BCUT2D eigenvalue weighted by atomic mass is 35.5. The van der Waals surface area contributed by atoms with Crippen LogP contribution in [0, 0.1) is 6.92 Å². The van der Waals surface area contributed by atoms with Crippen molar-refractivity contribution in [1.29, 1.82) is 0 Å². The molecular weight excluding hydrogens is 334 g/mol. The van der Waals surface area contributed by atoms with Crippen molar-refractivity contribution in [3.63, 3.8) is 0 Å². The average Bonchev–Trinajstić information content (AvgIpc) is 2.55. The molecule has 120 valence electrons. The molecule has 0 fully saturated rings. The van der Waals surface area contributed by atoms with Crippen molar-refractivity contribution in [2.75, 3.05) is 12.4 Å². The Morgan fingerprint density at radius 2 is 1.91 bits per heavy atom. The van der Waals surface area contributed by atoms with Gasteiger partial charge in [-0.25, -0.2) is 0 Å². The molecule has 2 aromatic rings. The first-order chi connectivity index (χ1) is 11.0. The second kappa shape index (κ2) is 7.80. The lowest BCUT2D eigenvalue weighted by Gasteiger charge is -2.14. The second-order valence-corrected chi connectivity index (χ2v) is 5.51. The number of methoxy groups -OCH3 is 1. The summed E-state index contributed by atoms with van der Waals surface area (Å²) in [4.78, 5) is 12.0. The molecule has 0 aliphatic heterocycles. The Bertz CT molecular complexity index is 737. The van der Waals surface area contributed by atoms with Crippen LogP contribution in [0.2, 0.25) is 5.02 Å². The number of carbonyl (C=O) groups excluding carboxylic acids is 1. The maximum Gasteiger partial charge on any atom is 0.271 e. The van der Waals surface area contributed by atoms with Crippen molar-refractivity contribution in [2.24, 2.45) is 0 Å². The summed E-state index contributed by atoms with van der Waals surface area (Å²) >= 11 is 11.1. The van der Waals surface area contributed by atoms with Gasteiger partial charge in [0.05, 0.1) is 17.7 Å². The van der Waals surface area contributed by atoms with Crippen LogP contribution in [0.4, 0.5) is 5.69 Å². The first-order valence-corrected chi connectivity index (χ1v) is 7.56. The summed E-state index contributed by atoms with van der Waals surface area (Å²) in [6.45, 7) is 1.94. The summed E-state index contributed by atoms with van der Waals surface area (Å²) < 4.78 is 5.17. The van der Waals surface area contributed by atoms with Crippen molar-refractivity contribution in [1.82, 2.24) is 10.9 Å². The number of halogens is 1. The predicted molar refractivity (Wildman–Crippen MR) is 96.0 cm³/mol. The summed E-state index contributed by atoms with van der Waals surface area (Å²) in [6.07, 6.45) is 0. The number of benzene rings is 2. The van der Waals surface area contributed by atoms with Crippen molar-refractivity contribution in [3.05, 3.63) is 58.6 Å². The van der Waals surface area contributed by atoms with Gasteiger partial charge in [-0.3, -0.25) is 15.6 Å². The highest BCUT2D eigenvalue weighted by Gasteiger charge is 2.10. The fourth-order valence-corrected chi connectivity index (χ4v) is 2.23. The summed E-state index contributed by atoms with van der Waals surface area (Å²) in [5, 5.41) is 3.62. The van der Waals surface area contributed by atoms with Crippen LogP contribution in [-0.2, 0) is 0 Å². The van der Waals surface area contributed by atoms with Gasteiger partial charge in [-0.2, -0.15) is 0 Å². The third-order valence-corrected chi connectivity index (χ3v) is 3.63. The molecule has 0 aromatic heterocycles. The van der Waals surface area contributed by atoms with Crippen LogP contribution in [0.25, 0.3) is 0 Å². The first kappa shape index (κ1) is 17.1. The van der Waals surface area contributed by atoms with Crippen molar-refractivity contribution in [3.8, 4) is 5.75 Å². The van der Waals surface area contributed by atoms with E-state index in [2.05, 4.69) is 16.2 Å². The van der Waals surface area contributed by atoms with Gasteiger partial charge in [0, 0.05) is 11.8 Å². The van der Waals surface area contributed by atoms with Crippen LogP contribution in [0.15, 0.2) is 42.5 Å². The van der Waals surface area contributed by atoms with E-state index in [0.29, 0.717) is 16.3 Å². The minimum absolute atomic E-state index is 0.252. The molecule has 0 saturated carbocycles. The minimum Gasteiger partial charge on any atom is -0.497 e. The van der Waals surface area contributed by atoms with Crippen molar-refractivity contribution < 1.29 is 9.53 Å². The van der Waals surface area contributed by atoms with E-state index < -0.39 is 0 Å². The van der Waals surface area contributed by atoms with E-state index in [-0.39, 0.29) is 11.0 Å². The molecule has 2 aromatic carbocycles. The van der Waals surface area contributed by atoms with Crippen LogP contribution >= 0.6 is 23.8 Å². The Kier molecular flexibility index (Phi) is 5.78. The molecule has 0 bridgehead atoms. The van der Waals surface area contributed by atoms with Crippen LogP contribution in [0.3, 0.4) is 0 Å². The highest BCUT2D eigenvalue weighted by molar-refractivity contribution is 7.80. The van der Waals surface area contributed by atoms with Gasteiger partial charge in [-0.05, 0) is 42.9 Å². The number of rotatable bonds is 3. The lowest BCUT2D eigenvalue weighted by Crippen LogP contribution is -2.43. The van der Waals surface area contributed by atoms with Crippen LogP contribution in [0.1, 0.15) is 15.9 Å². The van der Waals surface area contributed by atoms with Crippen molar-refractivity contribution >= 4 is 40.5 Å². The van der Waals surface area contributed by atoms with Gasteiger partial charge >= 0.3 is 0 Å². The largest absolute Gasteiger partial charge is 0.497 e. The number of ether oxygens (including phenoxy) is 1. The minimum atomic E-state index is -0.373. The standard InChI is InChI=1S/C16H16ClN3O2S/c1-10-7-8-11(22-2)9-14(10)18-16(23)20-19-15(21)12-5-3-4-6-13(12)17/h3-9H,1-2H3,(H,19,21)(H2,18,20,23). The first-order valence-electron chi connectivity index (χ1n) is 6.77. The average molecular weight is 350 g/mol. The van der Waals surface area contributed by atoms with Gasteiger partial charge in [0.15, 0.2) is 5.11 Å². The van der Waals surface area contributed by atoms with E-state index in [0.717, 1.165) is 11.3 Å². The van der Waals surface area contributed by atoms with E-state index >= 15 is 0 Å². The molecule has 0 aliphatic carbocycles. The molecule has 7 heteroatoms. The molecule has 0 aliphatic rings. The molecular formula is C16H16ClN3O2S. The van der Waals surface area contributed by atoms with E-state index in [9.17, 15) is 4.79 Å². The quantitative estimate of drug-likeness (QED) is 0.586. The van der Waals surface area contributed by atoms with E-state index in [1.807, 2.05) is 25.1 Å². The van der Waals surface area contributed by atoms with E-state index in [1.54, 1.807) is 31.4 Å². The van der Waals surface area contributed by atoms with Gasteiger partial charge < -0.3 is 10.1 Å². The van der Waals surface area contributed by atoms with Gasteiger partial charge in [-0.15, -0.1) is 0 Å². The monoisotopic (exact) mass is 349 g/mol. The molecule has 0 spiro atoms. The van der Waals surface area contributed by atoms with Crippen LogP contribution < -0.4 is 20.9 Å². The zero-order valence-electron chi connectivity index (χ0n) is 12.6. The van der Waals surface area contributed by atoms with Crippen LogP contribution in [-0.4, -0.2) is 18.1 Å². The number of aryl methyl sites for hydroxylation is 1. The Labute approximate surface area is 145 Å². The number of anilines is 1. The number of hydrogen-bond donors (Lipinski definition) is 3.